The van der Waals surface area contributed by atoms with Gasteiger partial charge in [0.2, 0.25) is 5.91 Å². The molecule has 2 fully saturated rings. The minimum absolute atomic E-state index is 0.0201. The van der Waals surface area contributed by atoms with E-state index in [4.69, 9.17) is 4.74 Å². The van der Waals surface area contributed by atoms with Crippen LogP contribution in [0.1, 0.15) is 24.3 Å². The second-order valence-electron chi connectivity index (χ2n) is 7.22. The van der Waals surface area contributed by atoms with Crippen molar-refractivity contribution in [1.29, 1.82) is 5.26 Å². The van der Waals surface area contributed by atoms with Crippen molar-refractivity contribution in [2.75, 3.05) is 13.7 Å². The van der Waals surface area contributed by atoms with E-state index in [-0.39, 0.29) is 30.4 Å². The van der Waals surface area contributed by atoms with Crippen LogP contribution in [0.4, 0.5) is 0 Å². The van der Waals surface area contributed by atoms with E-state index in [0.717, 1.165) is 35.3 Å². The molecule has 1 aliphatic heterocycles. The van der Waals surface area contributed by atoms with E-state index in [1.807, 2.05) is 48.5 Å². The molecule has 5 heteroatoms. The molecule has 0 unspecified atom stereocenters. The topological polar surface area (TPSA) is 73.6 Å². The minimum Gasteiger partial charge on any atom is -0.497 e. The lowest BCUT2D eigenvalue weighted by atomic mass is 9.75. The zero-order chi connectivity index (χ0) is 19.0. The maximum Gasteiger partial charge on any atom is 0.227 e. The molecule has 2 aromatic carbocycles. The average molecular weight is 362 g/mol. The van der Waals surface area contributed by atoms with Gasteiger partial charge in [0, 0.05) is 11.8 Å². The van der Waals surface area contributed by atoms with Crippen LogP contribution in [-0.4, -0.2) is 41.7 Å². The Hall–Kier alpha value is -2.84. The molecular weight excluding hydrogens is 340 g/mol. The van der Waals surface area contributed by atoms with Crippen LogP contribution in [0.2, 0.25) is 0 Å². The van der Waals surface area contributed by atoms with Crippen molar-refractivity contribution in [3.8, 4) is 22.9 Å². The van der Waals surface area contributed by atoms with Gasteiger partial charge in [0.1, 0.15) is 11.8 Å². The van der Waals surface area contributed by atoms with Crippen LogP contribution in [0.25, 0.3) is 11.1 Å². The molecule has 2 aliphatic rings. The van der Waals surface area contributed by atoms with Crippen LogP contribution < -0.4 is 4.74 Å². The SMILES string of the molecule is COc1ccc(-c2ccc([C@H]3[C@@H](C#N)N(C(=O)C4CC4)[C@@H]3CO)cc2)cc1. The van der Waals surface area contributed by atoms with E-state index < -0.39 is 6.04 Å². The fraction of sp³-hybridized carbons (Fsp3) is 0.364. The van der Waals surface area contributed by atoms with Gasteiger partial charge in [-0.1, -0.05) is 36.4 Å². The van der Waals surface area contributed by atoms with E-state index in [1.165, 1.54) is 0 Å². The van der Waals surface area contributed by atoms with Crippen LogP contribution in [-0.2, 0) is 4.79 Å². The normalized spacial score (nSPS) is 24.0. The third-order valence-electron chi connectivity index (χ3n) is 5.63. The maximum absolute atomic E-state index is 12.4. The second-order valence-corrected chi connectivity index (χ2v) is 7.22. The van der Waals surface area contributed by atoms with Crippen molar-refractivity contribution >= 4 is 5.91 Å². The number of likely N-dealkylation sites (tertiary alicyclic amines) is 1. The lowest BCUT2D eigenvalue weighted by molar-refractivity contribution is -0.148. The highest BCUT2D eigenvalue weighted by Gasteiger charge is 2.53. The molecule has 4 rings (SSSR count). The molecular formula is C22H22N2O3. The molecule has 0 bridgehead atoms. The van der Waals surface area contributed by atoms with Gasteiger partial charge in [-0.05, 0) is 41.7 Å². The molecule has 1 amide bonds. The Morgan fingerprint density at radius 3 is 2.22 bits per heavy atom. The van der Waals surface area contributed by atoms with Gasteiger partial charge in [-0.15, -0.1) is 0 Å². The number of amides is 1. The van der Waals surface area contributed by atoms with E-state index >= 15 is 0 Å². The molecule has 0 radical (unpaired) electrons. The lowest BCUT2D eigenvalue weighted by Crippen LogP contribution is -2.65. The van der Waals surface area contributed by atoms with Gasteiger partial charge < -0.3 is 14.7 Å². The summed E-state index contributed by atoms with van der Waals surface area (Å²) in [4.78, 5) is 14.0. The zero-order valence-corrected chi connectivity index (χ0v) is 15.2. The van der Waals surface area contributed by atoms with Crippen molar-refractivity contribution < 1.29 is 14.6 Å². The van der Waals surface area contributed by atoms with Gasteiger partial charge in [0.25, 0.3) is 0 Å². The summed E-state index contributed by atoms with van der Waals surface area (Å²) in [6.45, 7) is -0.123. The predicted molar refractivity (Wildman–Crippen MR) is 101 cm³/mol. The first kappa shape index (κ1) is 17.6. The molecule has 1 aliphatic carbocycles. The van der Waals surface area contributed by atoms with E-state index in [1.54, 1.807) is 12.0 Å². The Bertz CT molecular complexity index is 866. The Morgan fingerprint density at radius 1 is 1.15 bits per heavy atom. The number of nitriles is 1. The Morgan fingerprint density at radius 2 is 1.74 bits per heavy atom. The molecule has 2 aromatic rings. The van der Waals surface area contributed by atoms with Gasteiger partial charge >= 0.3 is 0 Å². The quantitative estimate of drug-likeness (QED) is 0.887. The molecule has 0 aromatic heterocycles. The second kappa shape index (κ2) is 7.05. The van der Waals surface area contributed by atoms with Crippen LogP contribution >= 0.6 is 0 Å². The summed E-state index contributed by atoms with van der Waals surface area (Å²) in [6.07, 6.45) is 1.79. The van der Waals surface area contributed by atoms with Crippen molar-refractivity contribution in [2.24, 2.45) is 5.92 Å². The number of carbonyl (C=O) groups is 1. The molecule has 0 spiro atoms. The van der Waals surface area contributed by atoms with Gasteiger partial charge in [0.05, 0.1) is 25.8 Å². The summed E-state index contributed by atoms with van der Waals surface area (Å²) in [5.74, 6) is 0.737. The largest absolute Gasteiger partial charge is 0.497 e. The summed E-state index contributed by atoms with van der Waals surface area (Å²) in [7, 11) is 1.64. The number of ether oxygens (including phenoxy) is 1. The first-order valence-electron chi connectivity index (χ1n) is 9.25. The molecule has 1 N–H and O–H groups in total. The van der Waals surface area contributed by atoms with Gasteiger partial charge in [-0.25, -0.2) is 0 Å². The highest BCUT2D eigenvalue weighted by atomic mass is 16.5. The van der Waals surface area contributed by atoms with Crippen molar-refractivity contribution in [3.05, 3.63) is 54.1 Å². The summed E-state index contributed by atoms with van der Waals surface area (Å²) < 4.78 is 5.19. The first-order valence-corrected chi connectivity index (χ1v) is 9.25. The first-order chi connectivity index (χ1) is 13.2. The summed E-state index contributed by atoms with van der Waals surface area (Å²) in [6, 6.07) is 17.3. The maximum atomic E-state index is 12.4. The van der Waals surface area contributed by atoms with Crippen LogP contribution in [0, 0.1) is 17.2 Å². The molecule has 1 saturated heterocycles. The molecule has 3 atom stereocenters. The smallest absolute Gasteiger partial charge is 0.227 e. The number of benzene rings is 2. The van der Waals surface area contributed by atoms with Crippen LogP contribution in [0.3, 0.4) is 0 Å². The Balaban J connectivity index is 1.55. The number of methoxy groups -OCH3 is 1. The highest BCUT2D eigenvalue weighted by Crippen LogP contribution is 2.44. The summed E-state index contributed by atoms with van der Waals surface area (Å²) >= 11 is 0. The lowest BCUT2D eigenvalue weighted by Gasteiger charge is -2.51. The molecule has 1 saturated carbocycles. The summed E-state index contributed by atoms with van der Waals surface area (Å²) in [5, 5.41) is 19.4. The molecule has 5 nitrogen and oxygen atoms in total. The van der Waals surface area contributed by atoms with Crippen LogP contribution in [0.5, 0.6) is 5.75 Å². The van der Waals surface area contributed by atoms with Gasteiger partial charge in [-0.3, -0.25) is 4.79 Å². The number of nitrogens with zero attached hydrogens (tertiary/aromatic N) is 2. The van der Waals surface area contributed by atoms with E-state index in [0.29, 0.717) is 0 Å². The van der Waals surface area contributed by atoms with Crippen LogP contribution in [0.15, 0.2) is 48.5 Å². The average Bonchev–Trinajstić information content (AvgIpc) is 3.54. The monoisotopic (exact) mass is 362 g/mol. The number of hydrogen-bond donors (Lipinski definition) is 1. The van der Waals surface area contributed by atoms with Gasteiger partial charge in [-0.2, -0.15) is 5.26 Å². The number of hydrogen-bond acceptors (Lipinski definition) is 4. The molecule has 1 heterocycles. The molecule has 138 valence electrons. The standard InChI is InChI=1S/C22H22N2O3/c1-27-18-10-8-15(9-11-18)14-2-4-16(5-3-14)21-19(12-23)24(20(21)13-25)22(26)17-6-7-17/h2-5,8-11,17,19-21,25H,6-7,13H2,1H3/t19-,20-,21+/m1/s1. The minimum atomic E-state index is -0.498. The zero-order valence-electron chi connectivity index (χ0n) is 15.2. The third-order valence-corrected chi connectivity index (χ3v) is 5.63. The van der Waals surface area contributed by atoms with E-state index in [2.05, 4.69) is 6.07 Å². The fourth-order valence-electron chi connectivity index (χ4n) is 3.93. The number of aliphatic hydroxyl groups excluding tert-OH is 1. The molecule has 27 heavy (non-hydrogen) atoms. The van der Waals surface area contributed by atoms with Crippen molar-refractivity contribution in [1.82, 2.24) is 4.90 Å². The van der Waals surface area contributed by atoms with Crippen molar-refractivity contribution in [3.63, 3.8) is 0 Å². The predicted octanol–water partition coefficient (Wildman–Crippen LogP) is 2.95. The summed E-state index contributed by atoms with van der Waals surface area (Å²) in [5.41, 5.74) is 3.13. The number of carbonyl (C=O) groups excluding carboxylic acids is 1. The Labute approximate surface area is 158 Å². The third kappa shape index (κ3) is 3.07. The van der Waals surface area contributed by atoms with E-state index in [9.17, 15) is 15.2 Å². The number of rotatable bonds is 5. The van der Waals surface area contributed by atoms with Gasteiger partial charge in [0.15, 0.2) is 0 Å². The number of aliphatic hydroxyl groups is 1. The Kier molecular flexibility index (Phi) is 4.59. The fourth-order valence-corrected chi connectivity index (χ4v) is 3.93. The highest BCUT2D eigenvalue weighted by molar-refractivity contribution is 5.83. The van der Waals surface area contributed by atoms with Crippen molar-refractivity contribution in [2.45, 2.75) is 30.8 Å².